The first-order valence-corrected chi connectivity index (χ1v) is 9.12. The van der Waals surface area contributed by atoms with Crippen molar-refractivity contribution in [3.8, 4) is 0 Å². The summed E-state index contributed by atoms with van der Waals surface area (Å²) in [4.78, 5) is 30.0. The van der Waals surface area contributed by atoms with E-state index in [0.717, 1.165) is 23.9 Å². The van der Waals surface area contributed by atoms with Crippen LogP contribution in [0.1, 0.15) is 21.5 Å². The van der Waals surface area contributed by atoms with Crippen LogP contribution in [0.3, 0.4) is 0 Å². The first kappa shape index (κ1) is 20.7. The predicted molar refractivity (Wildman–Crippen MR) is 105 cm³/mol. The lowest BCUT2D eigenvalue weighted by Crippen LogP contribution is -2.23. The highest BCUT2D eigenvalue weighted by Crippen LogP contribution is 2.34. The molecule has 150 valence electrons. The minimum atomic E-state index is -4.41. The first-order chi connectivity index (χ1) is 13.7. The van der Waals surface area contributed by atoms with Crippen molar-refractivity contribution in [3.05, 3.63) is 70.1 Å². The van der Waals surface area contributed by atoms with E-state index < -0.39 is 17.7 Å². The molecule has 0 bridgehead atoms. The van der Waals surface area contributed by atoms with Crippen molar-refractivity contribution < 1.29 is 27.5 Å². The number of carbonyl (C=O) groups excluding carboxylic acids is 2. The Balaban J connectivity index is 1.81. The van der Waals surface area contributed by atoms with Crippen molar-refractivity contribution in [2.45, 2.75) is 6.18 Å². The van der Waals surface area contributed by atoms with Crippen molar-refractivity contribution in [1.29, 1.82) is 0 Å². The van der Waals surface area contributed by atoms with Gasteiger partial charge in [0.05, 0.1) is 28.8 Å². The summed E-state index contributed by atoms with van der Waals surface area (Å²) >= 11 is 1.11. The fraction of sp³-hybridized carbons (Fsp3) is 0.150. The van der Waals surface area contributed by atoms with Gasteiger partial charge in [0.2, 0.25) is 0 Å². The van der Waals surface area contributed by atoms with E-state index in [-0.39, 0.29) is 5.91 Å². The van der Waals surface area contributed by atoms with Gasteiger partial charge >= 0.3 is 12.1 Å². The number of nitrogens with zero attached hydrogens (tertiary/aromatic N) is 2. The average molecular weight is 420 g/mol. The van der Waals surface area contributed by atoms with Gasteiger partial charge in [-0.05, 0) is 59.8 Å². The molecule has 0 unspecified atom stereocenters. The number of halogens is 3. The number of rotatable bonds is 3. The van der Waals surface area contributed by atoms with Gasteiger partial charge in [0, 0.05) is 7.05 Å². The van der Waals surface area contributed by atoms with Crippen LogP contribution in [0.15, 0.2) is 58.4 Å². The highest BCUT2D eigenvalue weighted by atomic mass is 32.2. The van der Waals surface area contributed by atoms with E-state index in [1.165, 1.54) is 30.2 Å². The number of alkyl halides is 3. The molecule has 0 aromatic heterocycles. The lowest BCUT2D eigenvalue weighted by molar-refractivity contribution is -0.137. The molecule has 0 spiro atoms. The molecule has 1 aliphatic rings. The lowest BCUT2D eigenvalue weighted by atomic mass is 10.1. The second-order valence-electron chi connectivity index (χ2n) is 6.03. The summed E-state index contributed by atoms with van der Waals surface area (Å²) < 4.78 is 42.6. The van der Waals surface area contributed by atoms with Crippen LogP contribution in [0.25, 0.3) is 6.08 Å². The molecule has 0 saturated carbocycles. The molecule has 9 heteroatoms. The van der Waals surface area contributed by atoms with Crippen molar-refractivity contribution in [2.75, 3.05) is 14.2 Å². The van der Waals surface area contributed by atoms with Gasteiger partial charge in [0.15, 0.2) is 5.17 Å². The number of thioether (sulfide) groups is 1. The normalized spacial score (nSPS) is 17.3. The fourth-order valence-electron chi connectivity index (χ4n) is 2.47. The van der Waals surface area contributed by atoms with E-state index in [9.17, 15) is 22.8 Å². The molecule has 0 radical (unpaired) electrons. The van der Waals surface area contributed by atoms with E-state index in [2.05, 4.69) is 9.73 Å². The van der Waals surface area contributed by atoms with Crippen LogP contribution in [0.5, 0.6) is 0 Å². The molecular weight excluding hydrogens is 405 g/mol. The van der Waals surface area contributed by atoms with E-state index in [0.29, 0.717) is 26.9 Å². The number of methoxy groups -OCH3 is 1. The third-order valence-corrected chi connectivity index (χ3v) is 5.11. The highest BCUT2D eigenvalue weighted by molar-refractivity contribution is 8.18. The Bertz CT molecular complexity index is 997. The molecule has 0 N–H and O–H groups in total. The molecule has 2 aromatic rings. The molecule has 0 atom stereocenters. The molecule has 1 fully saturated rings. The van der Waals surface area contributed by atoms with Gasteiger partial charge in [-0.25, -0.2) is 9.79 Å². The van der Waals surface area contributed by atoms with Gasteiger partial charge in [0.1, 0.15) is 0 Å². The molecule has 1 aliphatic heterocycles. The van der Waals surface area contributed by atoms with Gasteiger partial charge in [-0.1, -0.05) is 12.1 Å². The van der Waals surface area contributed by atoms with E-state index in [1.807, 2.05) is 0 Å². The summed E-state index contributed by atoms with van der Waals surface area (Å²) in [5, 5.41) is 0.416. The number of hydrogen-bond donors (Lipinski definition) is 0. The van der Waals surface area contributed by atoms with Crippen molar-refractivity contribution in [2.24, 2.45) is 4.99 Å². The van der Waals surface area contributed by atoms with Crippen LogP contribution >= 0.6 is 11.8 Å². The second-order valence-corrected chi connectivity index (χ2v) is 7.04. The molecule has 5 nitrogen and oxygen atoms in total. The topological polar surface area (TPSA) is 59.0 Å². The predicted octanol–water partition coefficient (Wildman–Crippen LogP) is 4.73. The number of benzene rings is 2. The summed E-state index contributed by atoms with van der Waals surface area (Å²) in [6.45, 7) is 0. The zero-order valence-electron chi connectivity index (χ0n) is 15.4. The van der Waals surface area contributed by atoms with Crippen LogP contribution < -0.4 is 0 Å². The monoisotopic (exact) mass is 420 g/mol. The van der Waals surface area contributed by atoms with Crippen LogP contribution in [-0.2, 0) is 15.7 Å². The van der Waals surface area contributed by atoms with Crippen LogP contribution in [0.4, 0.5) is 18.9 Å². The molecule has 1 heterocycles. The summed E-state index contributed by atoms with van der Waals surface area (Å²) in [7, 11) is 2.85. The minimum Gasteiger partial charge on any atom is -0.465 e. The Morgan fingerprint density at radius 2 is 1.72 bits per heavy atom. The number of esters is 1. The van der Waals surface area contributed by atoms with Crippen LogP contribution in [0, 0.1) is 0 Å². The molecule has 29 heavy (non-hydrogen) atoms. The number of aliphatic imine (C=N–C) groups is 1. The third-order valence-electron chi connectivity index (χ3n) is 4.05. The van der Waals surface area contributed by atoms with E-state index in [4.69, 9.17) is 0 Å². The summed E-state index contributed by atoms with van der Waals surface area (Å²) in [5.74, 6) is -0.770. The Kier molecular flexibility index (Phi) is 5.78. The summed E-state index contributed by atoms with van der Waals surface area (Å²) in [6, 6.07) is 10.9. The van der Waals surface area contributed by atoms with Gasteiger partial charge < -0.3 is 4.74 Å². The summed E-state index contributed by atoms with van der Waals surface area (Å²) in [5.41, 5.74) is 0.643. The maximum Gasteiger partial charge on any atom is 0.416 e. The van der Waals surface area contributed by atoms with Crippen molar-refractivity contribution in [1.82, 2.24) is 4.90 Å². The summed E-state index contributed by atoms with van der Waals surface area (Å²) in [6.07, 6.45) is -2.89. The van der Waals surface area contributed by atoms with E-state index >= 15 is 0 Å². The third kappa shape index (κ3) is 4.68. The number of likely N-dealkylation sites (N-methyl/N-ethyl adjacent to an activating group) is 1. The molecule has 0 aliphatic carbocycles. The molecule has 1 amide bonds. The molecule has 1 saturated heterocycles. The smallest absolute Gasteiger partial charge is 0.416 e. The minimum absolute atomic E-state index is 0.306. The highest BCUT2D eigenvalue weighted by Gasteiger charge is 2.31. The number of ether oxygens (including phenoxy) is 1. The molecule has 2 aromatic carbocycles. The zero-order chi connectivity index (χ0) is 21.2. The van der Waals surface area contributed by atoms with Gasteiger partial charge in [0.25, 0.3) is 5.91 Å². The number of hydrogen-bond acceptors (Lipinski definition) is 5. The Labute approximate surface area is 168 Å². The maximum absolute atomic E-state index is 12.7. The largest absolute Gasteiger partial charge is 0.465 e. The number of amidine groups is 1. The van der Waals surface area contributed by atoms with Gasteiger partial charge in [-0.3, -0.25) is 9.69 Å². The van der Waals surface area contributed by atoms with Gasteiger partial charge in [-0.2, -0.15) is 13.2 Å². The molecule has 3 rings (SSSR count). The SMILES string of the molecule is COC(=O)c1ccc(N=C2S/C(=C\c3ccc(C(F)(F)F)cc3)C(=O)N2C)cc1. The Morgan fingerprint density at radius 1 is 1.10 bits per heavy atom. The van der Waals surface area contributed by atoms with Crippen molar-refractivity contribution in [3.63, 3.8) is 0 Å². The maximum atomic E-state index is 12.7. The standard InChI is InChI=1S/C20H15F3N2O3S/c1-25-17(26)16(11-12-3-7-14(8-4-12)20(21,22)23)29-19(25)24-15-9-5-13(6-10-15)18(27)28-2/h3-11H,1-2H3/b16-11-,24-19?. The Morgan fingerprint density at radius 3 is 2.28 bits per heavy atom. The number of carbonyl (C=O) groups is 2. The zero-order valence-corrected chi connectivity index (χ0v) is 16.2. The fourth-order valence-corrected chi connectivity index (χ4v) is 3.46. The Hall–Kier alpha value is -3.07. The van der Waals surface area contributed by atoms with E-state index in [1.54, 1.807) is 31.3 Å². The van der Waals surface area contributed by atoms with Crippen molar-refractivity contribution >= 4 is 40.6 Å². The first-order valence-electron chi connectivity index (χ1n) is 8.31. The lowest BCUT2D eigenvalue weighted by Gasteiger charge is -2.07. The number of amides is 1. The van der Waals surface area contributed by atoms with Crippen LogP contribution in [-0.4, -0.2) is 36.1 Å². The quantitative estimate of drug-likeness (QED) is 0.532. The molecular formula is C20H15F3N2O3S. The second kappa shape index (κ2) is 8.12. The van der Waals surface area contributed by atoms with Crippen LogP contribution in [0.2, 0.25) is 0 Å². The average Bonchev–Trinajstić information content (AvgIpc) is 2.95. The van der Waals surface area contributed by atoms with Gasteiger partial charge in [-0.15, -0.1) is 0 Å².